The van der Waals surface area contributed by atoms with E-state index in [-0.39, 0.29) is 12.4 Å². The zero-order valence-electron chi connectivity index (χ0n) is 3.55. The summed E-state index contributed by atoms with van der Waals surface area (Å²) in [5, 5.41) is 0. The van der Waals surface area contributed by atoms with Gasteiger partial charge in [-0.15, -0.1) is 12.4 Å². The van der Waals surface area contributed by atoms with Gasteiger partial charge in [0.2, 0.25) is 0 Å². The van der Waals surface area contributed by atoms with Gasteiger partial charge in [-0.1, -0.05) is 0 Å². The molecule has 0 amide bonds. The van der Waals surface area contributed by atoms with Gasteiger partial charge in [-0.25, -0.2) is 0 Å². The van der Waals surface area contributed by atoms with Crippen molar-refractivity contribution in [2.75, 3.05) is 6.54 Å². The predicted molar refractivity (Wildman–Crippen MR) is 29.8 cm³/mol. The van der Waals surface area contributed by atoms with Gasteiger partial charge in [-0.2, -0.15) is 0 Å². The third-order valence-electron chi connectivity index (χ3n) is 0.750. The molecule has 0 unspecified atom stereocenters. The maximum absolute atomic E-state index is 3.96. The molecule has 0 bridgehead atoms. The highest BCUT2D eigenvalue weighted by Gasteiger charge is 1.85. The maximum atomic E-state index is 3.96. The van der Waals surface area contributed by atoms with Gasteiger partial charge in [0.25, 0.3) is 0 Å². The number of hydrogen-bond acceptors (Lipinski definition) is 1. The van der Waals surface area contributed by atoms with Crippen LogP contribution in [0.3, 0.4) is 0 Å². The van der Waals surface area contributed by atoms with Gasteiger partial charge in [-0.05, 0) is 19.1 Å². The van der Waals surface area contributed by atoms with Crippen molar-refractivity contribution >= 4 is 18.6 Å². The largest absolute Gasteiger partial charge is 0.298 e. The second-order valence-electron chi connectivity index (χ2n) is 1.23. The summed E-state index contributed by atoms with van der Waals surface area (Å²) < 4.78 is 0. The topological polar surface area (TPSA) is 12.4 Å². The summed E-state index contributed by atoms with van der Waals surface area (Å²) in [6.07, 6.45) is 4.47. The summed E-state index contributed by atoms with van der Waals surface area (Å²) >= 11 is 0. The first-order valence-electron chi connectivity index (χ1n) is 1.98. The van der Waals surface area contributed by atoms with E-state index in [1.54, 1.807) is 0 Å². The third-order valence-corrected chi connectivity index (χ3v) is 0.750. The molecule has 6 heavy (non-hydrogen) atoms. The lowest BCUT2D eigenvalue weighted by atomic mass is 10.4. The minimum absolute atomic E-state index is 0. The van der Waals surface area contributed by atoms with Crippen LogP contribution in [0.2, 0.25) is 0 Å². The molecule has 0 saturated carbocycles. The van der Waals surface area contributed by atoms with Crippen LogP contribution in [0.5, 0.6) is 0 Å². The molecule has 1 aliphatic rings. The van der Waals surface area contributed by atoms with Crippen molar-refractivity contribution in [1.29, 1.82) is 0 Å². The van der Waals surface area contributed by atoms with Crippen molar-refractivity contribution in [3.05, 3.63) is 0 Å². The van der Waals surface area contributed by atoms with Crippen molar-refractivity contribution in [1.82, 2.24) is 0 Å². The molecule has 0 spiro atoms. The third kappa shape index (κ3) is 1.41. The Kier molecular flexibility index (Phi) is 3.14. The number of aliphatic imine (C=N–C) groups is 1. The summed E-state index contributed by atoms with van der Waals surface area (Å²) in [4.78, 5) is 3.96. The summed E-state index contributed by atoms with van der Waals surface area (Å²) in [5.41, 5.74) is 0. The van der Waals surface area contributed by atoms with E-state index in [0.717, 1.165) is 6.54 Å². The second kappa shape index (κ2) is 3.16. The van der Waals surface area contributed by atoms with Gasteiger partial charge >= 0.3 is 0 Å². The molecular weight excluding hydrogens is 97.5 g/mol. The Morgan fingerprint density at radius 2 is 2.33 bits per heavy atom. The Morgan fingerprint density at radius 3 is 2.50 bits per heavy atom. The van der Waals surface area contributed by atoms with Crippen molar-refractivity contribution in [2.45, 2.75) is 12.8 Å². The fraction of sp³-hybridized carbons (Fsp3) is 0.750. The Balaban J connectivity index is 0.000000250. The Hall–Kier alpha value is -0.0400. The smallest absolute Gasteiger partial charge is 0.0388 e. The number of halogens is 1. The number of rotatable bonds is 0. The van der Waals surface area contributed by atoms with E-state index in [1.807, 2.05) is 6.21 Å². The lowest BCUT2D eigenvalue weighted by Crippen LogP contribution is -1.62. The van der Waals surface area contributed by atoms with Crippen LogP contribution in [0, 0.1) is 0 Å². The van der Waals surface area contributed by atoms with Crippen molar-refractivity contribution in [2.24, 2.45) is 4.99 Å². The van der Waals surface area contributed by atoms with Crippen LogP contribution >= 0.6 is 12.4 Å². The van der Waals surface area contributed by atoms with Crippen LogP contribution < -0.4 is 0 Å². The van der Waals surface area contributed by atoms with E-state index >= 15 is 0 Å². The molecule has 1 nitrogen and oxygen atoms in total. The standard InChI is InChI=1S/C4H7N.ClH/c1-2-4-5-3-1;/h3H,1-2,4H2;1H. The Morgan fingerprint density at radius 1 is 1.50 bits per heavy atom. The molecule has 0 aromatic rings. The minimum atomic E-state index is 0. The van der Waals surface area contributed by atoms with Crippen molar-refractivity contribution in [3.8, 4) is 0 Å². The van der Waals surface area contributed by atoms with E-state index in [0.29, 0.717) is 0 Å². The van der Waals surface area contributed by atoms with Crippen LogP contribution in [0.15, 0.2) is 4.99 Å². The van der Waals surface area contributed by atoms with Crippen LogP contribution in [0.25, 0.3) is 0 Å². The fourth-order valence-electron chi connectivity index (χ4n) is 0.456. The summed E-state index contributed by atoms with van der Waals surface area (Å²) in [7, 11) is 0. The summed E-state index contributed by atoms with van der Waals surface area (Å²) in [6.45, 7) is 1.07. The molecule has 0 aliphatic carbocycles. The lowest BCUT2D eigenvalue weighted by Gasteiger charge is -1.67. The number of hydrogen-bond donors (Lipinski definition) is 0. The molecule has 0 saturated heterocycles. The first kappa shape index (κ1) is 5.96. The number of nitrogens with zero attached hydrogens (tertiary/aromatic N) is 1. The molecule has 0 atom stereocenters. The Bertz CT molecular complexity index is 45.5. The normalized spacial score (nSPS) is 17.3. The van der Waals surface area contributed by atoms with E-state index in [1.165, 1.54) is 12.8 Å². The summed E-state index contributed by atoms with van der Waals surface area (Å²) in [6, 6.07) is 0. The van der Waals surface area contributed by atoms with Crippen LogP contribution in [0.1, 0.15) is 12.8 Å². The lowest BCUT2D eigenvalue weighted by molar-refractivity contribution is 0.952. The average Bonchev–Trinajstić information content (AvgIpc) is 1.76. The van der Waals surface area contributed by atoms with Crippen LogP contribution in [-0.4, -0.2) is 12.8 Å². The van der Waals surface area contributed by atoms with Gasteiger partial charge < -0.3 is 0 Å². The van der Waals surface area contributed by atoms with E-state index in [2.05, 4.69) is 4.99 Å². The van der Waals surface area contributed by atoms with Crippen molar-refractivity contribution < 1.29 is 0 Å². The predicted octanol–water partition coefficient (Wildman–Crippen LogP) is 1.27. The molecular formula is C4H8ClN. The van der Waals surface area contributed by atoms with Gasteiger partial charge in [0, 0.05) is 6.54 Å². The van der Waals surface area contributed by atoms with Crippen LogP contribution in [0.4, 0.5) is 0 Å². The molecule has 36 valence electrons. The monoisotopic (exact) mass is 105 g/mol. The molecule has 0 N–H and O–H groups in total. The van der Waals surface area contributed by atoms with E-state index in [9.17, 15) is 0 Å². The molecule has 0 aromatic carbocycles. The summed E-state index contributed by atoms with van der Waals surface area (Å²) in [5.74, 6) is 0. The molecule has 0 aromatic heterocycles. The first-order valence-corrected chi connectivity index (χ1v) is 1.98. The zero-order valence-corrected chi connectivity index (χ0v) is 4.37. The van der Waals surface area contributed by atoms with Crippen LogP contribution in [-0.2, 0) is 0 Å². The quantitative estimate of drug-likeness (QED) is 0.440. The molecule has 0 radical (unpaired) electrons. The van der Waals surface area contributed by atoms with Gasteiger partial charge in [0.05, 0.1) is 0 Å². The molecule has 0 fully saturated rings. The fourth-order valence-corrected chi connectivity index (χ4v) is 0.456. The maximum Gasteiger partial charge on any atom is 0.0388 e. The Labute approximate surface area is 43.9 Å². The SMILES string of the molecule is C1=NCCC1.Cl. The average molecular weight is 106 g/mol. The molecule has 2 heteroatoms. The van der Waals surface area contributed by atoms with E-state index in [4.69, 9.17) is 0 Å². The van der Waals surface area contributed by atoms with Gasteiger partial charge in [0.1, 0.15) is 0 Å². The molecule has 1 rings (SSSR count). The molecule has 1 aliphatic heterocycles. The van der Waals surface area contributed by atoms with Crippen molar-refractivity contribution in [3.63, 3.8) is 0 Å². The molecule has 1 heterocycles. The van der Waals surface area contributed by atoms with Gasteiger partial charge in [0.15, 0.2) is 0 Å². The first-order chi connectivity index (χ1) is 2.50. The van der Waals surface area contributed by atoms with E-state index < -0.39 is 0 Å². The second-order valence-corrected chi connectivity index (χ2v) is 1.23. The highest BCUT2D eigenvalue weighted by molar-refractivity contribution is 5.85. The minimum Gasteiger partial charge on any atom is -0.298 e. The van der Waals surface area contributed by atoms with Gasteiger partial charge in [-0.3, -0.25) is 4.99 Å². The zero-order chi connectivity index (χ0) is 3.54. The highest BCUT2D eigenvalue weighted by atomic mass is 35.5. The highest BCUT2D eigenvalue weighted by Crippen LogP contribution is 1.92.